The maximum atomic E-state index is 13.0. The lowest BCUT2D eigenvalue weighted by molar-refractivity contribution is -0.135. The molecule has 0 aromatic heterocycles. The quantitative estimate of drug-likeness (QED) is 0.887. The van der Waals surface area contributed by atoms with Crippen LogP contribution in [0.3, 0.4) is 0 Å². The van der Waals surface area contributed by atoms with Crippen molar-refractivity contribution in [3.63, 3.8) is 0 Å². The molecule has 2 aliphatic rings. The van der Waals surface area contributed by atoms with E-state index in [0.29, 0.717) is 6.42 Å². The van der Waals surface area contributed by atoms with Crippen molar-refractivity contribution >= 4 is 5.91 Å². The molecule has 6 heteroatoms. The highest BCUT2D eigenvalue weighted by atomic mass is 19.1. The number of likely N-dealkylation sites (tertiary alicyclic amines) is 1. The number of hydrogen-bond donors (Lipinski definition) is 2. The van der Waals surface area contributed by atoms with Crippen LogP contribution in [-0.2, 0) is 9.53 Å². The number of rotatable bonds is 4. The molecule has 2 unspecified atom stereocenters. The first-order valence-electron chi connectivity index (χ1n) is 8.34. The van der Waals surface area contributed by atoms with E-state index in [0.717, 1.165) is 38.1 Å². The van der Waals surface area contributed by atoms with Gasteiger partial charge in [-0.05, 0) is 43.9 Å². The van der Waals surface area contributed by atoms with Crippen LogP contribution in [0.15, 0.2) is 24.3 Å². The predicted molar refractivity (Wildman–Crippen MR) is 85.0 cm³/mol. The van der Waals surface area contributed by atoms with Gasteiger partial charge in [-0.15, -0.1) is 0 Å². The second-order valence-electron chi connectivity index (χ2n) is 6.16. The summed E-state index contributed by atoms with van der Waals surface area (Å²) in [7, 11) is 0. The maximum Gasteiger partial charge on any atom is 0.241 e. The van der Waals surface area contributed by atoms with Crippen LogP contribution in [0.4, 0.5) is 4.39 Å². The minimum atomic E-state index is -0.246. The number of nitrogens with one attached hydrogen (secondary N) is 2. The first-order valence-corrected chi connectivity index (χ1v) is 8.34. The second kappa shape index (κ2) is 7.38. The summed E-state index contributed by atoms with van der Waals surface area (Å²) in [5, 5.41) is 0. The predicted octanol–water partition coefficient (Wildman–Crippen LogP) is 1.76. The molecule has 2 aliphatic heterocycles. The second-order valence-corrected chi connectivity index (χ2v) is 6.16. The van der Waals surface area contributed by atoms with Crippen molar-refractivity contribution in [3.8, 4) is 0 Å². The summed E-state index contributed by atoms with van der Waals surface area (Å²) in [6.45, 7) is 4.24. The van der Waals surface area contributed by atoms with Crippen molar-refractivity contribution in [3.05, 3.63) is 35.6 Å². The highest BCUT2D eigenvalue weighted by Gasteiger charge is 2.34. The van der Waals surface area contributed by atoms with Crippen LogP contribution in [0.5, 0.6) is 0 Å². The first-order chi connectivity index (χ1) is 11.2. The molecule has 0 aliphatic carbocycles. The molecule has 3 rings (SSSR count). The molecule has 2 saturated heterocycles. The molecule has 0 radical (unpaired) electrons. The Bertz CT molecular complexity index is 529. The molecule has 5 nitrogen and oxygen atoms in total. The maximum absolute atomic E-state index is 13.0. The normalized spacial score (nSPS) is 25.7. The lowest BCUT2D eigenvalue weighted by Gasteiger charge is -2.33. The summed E-state index contributed by atoms with van der Waals surface area (Å²) >= 11 is 0. The number of hydrogen-bond acceptors (Lipinski definition) is 4. The van der Waals surface area contributed by atoms with E-state index in [1.54, 1.807) is 12.1 Å². The fourth-order valence-corrected chi connectivity index (χ4v) is 3.33. The number of amides is 1. The van der Waals surface area contributed by atoms with Crippen molar-refractivity contribution < 1.29 is 13.9 Å². The van der Waals surface area contributed by atoms with Crippen molar-refractivity contribution in [2.24, 2.45) is 0 Å². The average molecular weight is 321 g/mol. The van der Waals surface area contributed by atoms with E-state index in [-0.39, 0.29) is 29.9 Å². The Morgan fingerprint density at radius 1 is 1.26 bits per heavy atom. The summed E-state index contributed by atoms with van der Waals surface area (Å²) < 4.78 is 18.6. The molecule has 2 atom stereocenters. The van der Waals surface area contributed by atoms with Crippen LogP contribution in [0, 0.1) is 5.82 Å². The zero-order valence-electron chi connectivity index (χ0n) is 13.4. The minimum Gasteiger partial charge on any atom is -0.378 e. The van der Waals surface area contributed by atoms with Crippen LogP contribution >= 0.6 is 0 Å². The largest absolute Gasteiger partial charge is 0.378 e. The van der Waals surface area contributed by atoms with E-state index in [4.69, 9.17) is 4.74 Å². The third kappa shape index (κ3) is 3.88. The summed E-state index contributed by atoms with van der Waals surface area (Å²) in [5.41, 5.74) is 7.22. The standard InChI is InChI=1S/C17H24FN3O2/c1-2-23-14-7-9-21(10-8-14)17(22)16-11-15(19-20-16)12-3-5-13(18)6-4-12/h3-6,14-16,19-20H,2,7-11H2,1H3. The van der Waals surface area contributed by atoms with Gasteiger partial charge in [0, 0.05) is 25.7 Å². The van der Waals surface area contributed by atoms with E-state index in [1.165, 1.54) is 12.1 Å². The number of ether oxygens (including phenoxy) is 1. The molecule has 126 valence electrons. The average Bonchev–Trinajstić information content (AvgIpc) is 3.06. The summed E-state index contributed by atoms with van der Waals surface area (Å²) in [4.78, 5) is 14.5. The van der Waals surface area contributed by atoms with Crippen LogP contribution in [-0.4, -0.2) is 42.6 Å². The SMILES string of the molecule is CCOC1CCN(C(=O)C2CC(c3ccc(F)cc3)NN2)CC1. The van der Waals surface area contributed by atoms with Gasteiger partial charge >= 0.3 is 0 Å². The highest BCUT2D eigenvalue weighted by molar-refractivity contribution is 5.82. The summed E-state index contributed by atoms with van der Waals surface area (Å²) in [6, 6.07) is 6.22. The van der Waals surface area contributed by atoms with E-state index in [2.05, 4.69) is 10.9 Å². The molecule has 0 bridgehead atoms. The number of hydrazine groups is 1. The molecule has 1 amide bonds. The number of halogens is 1. The number of benzene rings is 1. The molecule has 0 spiro atoms. The number of piperidine rings is 1. The molecule has 0 saturated carbocycles. The Balaban J connectivity index is 1.52. The van der Waals surface area contributed by atoms with Gasteiger partial charge < -0.3 is 9.64 Å². The highest BCUT2D eigenvalue weighted by Crippen LogP contribution is 2.24. The molecule has 23 heavy (non-hydrogen) atoms. The molecular formula is C17H24FN3O2. The van der Waals surface area contributed by atoms with Gasteiger partial charge in [0.05, 0.1) is 6.10 Å². The zero-order chi connectivity index (χ0) is 16.2. The van der Waals surface area contributed by atoms with Crippen molar-refractivity contribution in [1.82, 2.24) is 15.8 Å². The van der Waals surface area contributed by atoms with E-state index >= 15 is 0 Å². The van der Waals surface area contributed by atoms with Crippen LogP contribution in [0.2, 0.25) is 0 Å². The van der Waals surface area contributed by atoms with Crippen molar-refractivity contribution in [2.45, 2.75) is 44.4 Å². The molecule has 2 fully saturated rings. The third-order valence-corrected chi connectivity index (χ3v) is 4.63. The smallest absolute Gasteiger partial charge is 0.241 e. The van der Waals surface area contributed by atoms with Crippen LogP contribution in [0.25, 0.3) is 0 Å². The number of nitrogens with zero attached hydrogens (tertiary/aromatic N) is 1. The molecule has 1 aromatic carbocycles. The Hall–Kier alpha value is -1.50. The van der Waals surface area contributed by atoms with Crippen molar-refractivity contribution in [1.29, 1.82) is 0 Å². The fourth-order valence-electron chi connectivity index (χ4n) is 3.33. The van der Waals surface area contributed by atoms with Gasteiger partial charge in [0.2, 0.25) is 5.91 Å². The lowest BCUT2D eigenvalue weighted by Crippen LogP contribution is -2.49. The molecule has 2 N–H and O–H groups in total. The number of carbonyl (C=O) groups is 1. The Morgan fingerprint density at radius 2 is 1.96 bits per heavy atom. The number of carbonyl (C=O) groups excluding carboxylic acids is 1. The van der Waals surface area contributed by atoms with Gasteiger partial charge in [0.25, 0.3) is 0 Å². The van der Waals surface area contributed by atoms with Gasteiger partial charge in [-0.3, -0.25) is 4.79 Å². The monoisotopic (exact) mass is 321 g/mol. The van der Waals surface area contributed by atoms with Gasteiger partial charge in [0.15, 0.2) is 0 Å². The third-order valence-electron chi connectivity index (χ3n) is 4.63. The molecular weight excluding hydrogens is 297 g/mol. The Morgan fingerprint density at radius 3 is 2.61 bits per heavy atom. The van der Waals surface area contributed by atoms with Gasteiger partial charge in [-0.2, -0.15) is 0 Å². The van der Waals surface area contributed by atoms with Gasteiger partial charge in [-0.1, -0.05) is 12.1 Å². The van der Waals surface area contributed by atoms with Gasteiger partial charge in [-0.25, -0.2) is 15.2 Å². The van der Waals surface area contributed by atoms with E-state index in [9.17, 15) is 9.18 Å². The molecule has 2 heterocycles. The van der Waals surface area contributed by atoms with Crippen molar-refractivity contribution in [2.75, 3.05) is 19.7 Å². The first kappa shape index (κ1) is 16.4. The Kier molecular flexibility index (Phi) is 5.25. The summed E-state index contributed by atoms with van der Waals surface area (Å²) in [5.74, 6) is -0.110. The summed E-state index contributed by atoms with van der Waals surface area (Å²) in [6.07, 6.45) is 2.77. The van der Waals surface area contributed by atoms with Crippen LogP contribution < -0.4 is 10.9 Å². The zero-order valence-corrected chi connectivity index (χ0v) is 13.4. The van der Waals surface area contributed by atoms with Gasteiger partial charge in [0.1, 0.15) is 11.9 Å². The fraction of sp³-hybridized carbons (Fsp3) is 0.588. The Labute approximate surface area is 136 Å². The van der Waals surface area contributed by atoms with E-state index in [1.807, 2.05) is 11.8 Å². The minimum absolute atomic E-state index is 0.0329. The lowest BCUT2D eigenvalue weighted by atomic mass is 10.0. The topological polar surface area (TPSA) is 53.6 Å². The van der Waals surface area contributed by atoms with Crippen LogP contribution in [0.1, 0.15) is 37.8 Å². The van der Waals surface area contributed by atoms with E-state index < -0.39 is 0 Å². The molecule has 1 aromatic rings.